The Bertz CT molecular complexity index is 264. The van der Waals surface area contributed by atoms with E-state index in [1.807, 2.05) is 0 Å². The van der Waals surface area contributed by atoms with Crippen LogP contribution in [0.25, 0.3) is 0 Å². The zero-order chi connectivity index (χ0) is 14.8. The molecule has 2 atom stereocenters. The third-order valence-electron chi connectivity index (χ3n) is 4.32. The number of nitrogens with zero attached hydrogens (tertiary/aromatic N) is 1. The summed E-state index contributed by atoms with van der Waals surface area (Å²) in [6.07, 6.45) is 7.73. The van der Waals surface area contributed by atoms with Crippen molar-refractivity contribution in [1.82, 2.24) is 10.2 Å². The quantitative estimate of drug-likeness (QED) is 0.681. The largest absolute Gasteiger partial charge is 0.352 e. The third kappa shape index (κ3) is 7.25. The van der Waals surface area contributed by atoms with Crippen molar-refractivity contribution in [2.24, 2.45) is 11.7 Å². The molecule has 1 heterocycles. The van der Waals surface area contributed by atoms with Gasteiger partial charge in [0.15, 0.2) is 0 Å². The standard InChI is InChI=1S/C16H33N3O/c1-3-15(9-10-17)7-8-16(20)18-14(2)13-19-11-5-4-6-12-19/h14-15H,3-13,17H2,1-2H3,(H,18,20). The first-order valence-electron chi connectivity index (χ1n) is 8.37. The summed E-state index contributed by atoms with van der Waals surface area (Å²) in [5, 5.41) is 3.14. The summed E-state index contributed by atoms with van der Waals surface area (Å²) in [7, 11) is 0. The SMILES string of the molecule is CCC(CCN)CCC(=O)NC(C)CN1CCCCC1. The first-order chi connectivity index (χ1) is 9.65. The minimum absolute atomic E-state index is 0.199. The number of rotatable bonds is 9. The maximum absolute atomic E-state index is 12.0. The van der Waals surface area contributed by atoms with E-state index < -0.39 is 0 Å². The molecule has 0 aromatic carbocycles. The molecule has 4 heteroatoms. The van der Waals surface area contributed by atoms with Crippen molar-refractivity contribution >= 4 is 5.91 Å². The Morgan fingerprint density at radius 2 is 1.95 bits per heavy atom. The number of nitrogens with one attached hydrogen (secondary N) is 1. The van der Waals surface area contributed by atoms with Crippen molar-refractivity contribution in [2.75, 3.05) is 26.2 Å². The fourth-order valence-electron chi connectivity index (χ4n) is 3.05. The lowest BCUT2D eigenvalue weighted by Gasteiger charge is -2.29. The van der Waals surface area contributed by atoms with E-state index in [-0.39, 0.29) is 11.9 Å². The van der Waals surface area contributed by atoms with Gasteiger partial charge >= 0.3 is 0 Å². The molecule has 1 rings (SSSR count). The van der Waals surface area contributed by atoms with Crippen LogP contribution in [-0.2, 0) is 4.79 Å². The van der Waals surface area contributed by atoms with Crippen LogP contribution < -0.4 is 11.1 Å². The van der Waals surface area contributed by atoms with Crippen LogP contribution in [0.3, 0.4) is 0 Å². The Balaban J connectivity index is 2.16. The summed E-state index contributed by atoms with van der Waals surface area (Å²) >= 11 is 0. The zero-order valence-electron chi connectivity index (χ0n) is 13.4. The van der Waals surface area contributed by atoms with Crippen molar-refractivity contribution in [2.45, 2.75) is 64.8 Å². The topological polar surface area (TPSA) is 58.4 Å². The fraction of sp³-hybridized carbons (Fsp3) is 0.938. The molecule has 3 N–H and O–H groups in total. The number of piperidine rings is 1. The van der Waals surface area contributed by atoms with Gasteiger partial charge in [-0.15, -0.1) is 0 Å². The van der Waals surface area contributed by atoms with Crippen molar-refractivity contribution in [3.8, 4) is 0 Å². The van der Waals surface area contributed by atoms with Crippen LogP contribution in [0.15, 0.2) is 0 Å². The van der Waals surface area contributed by atoms with Gasteiger partial charge in [-0.05, 0) is 58.2 Å². The van der Waals surface area contributed by atoms with Crippen LogP contribution in [-0.4, -0.2) is 43.0 Å². The van der Waals surface area contributed by atoms with Gasteiger partial charge in [0.2, 0.25) is 5.91 Å². The van der Waals surface area contributed by atoms with Gasteiger partial charge in [-0.1, -0.05) is 19.8 Å². The lowest BCUT2D eigenvalue weighted by atomic mass is 9.96. The summed E-state index contributed by atoms with van der Waals surface area (Å²) in [6, 6.07) is 0.259. The van der Waals surface area contributed by atoms with Crippen molar-refractivity contribution in [1.29, 1.82) is 0 Å². The van der Waals surface area contributed by atoms with E-state index >= 15 is 0 Å². The van der Waals surface area contributed by atoms with Gasteiger partial charge in [0, 0.05) is 19.0 Å². The van der Waals surface area contributed by atoms with Gasteiger partial charge in [0.1, 0.15) is 0 Å². The van der Waals surface area contributed by atoms with E-state index in [1.165, 1.54) is 32.4 Å². The highest BCUT2D eigenvalue weighted by atomic mass is 16.1. The molecule has 2 unspecified atom stereocenters. The molecule has 4 nitrogen and oxygen atoms in total. The molecule has 1 fully saturated rings. The number of carbonyl (C=O) groups excluding carboxylic acids is 1. The summed E-state index contributed by atoms with van der Waals surface area (Å²) in [5.41, 5.74) is 5.59. The maximum Gasteiger partial charge on any atom is 0.220 e. The molecule has 1 amide bonds. The molecule has 1 aliphatic heterocycles. The Labute approximate surface area is 124 Å². The van der Waals surface area contributed by atoms with E-state index in [1.54, 1.807) is 0 Å². The highest BCUT2D eigenvalue weighted by Gasteiger charge is 2.15. The highest BCUT2D eigenvalue weighted by Crippen LogP contribution is 2.14. The molecular weight excluding hydrogens is 250 g/mol. The number of hydrogen-bond acceptors (Lipinski definition) is 3. The van der Waals surface area contributed by atoms with Crippen molar-refractivity contribution < 1.29 is 4.79 Å². The molecular formula is C16H33N3O. The summed E-state index contributed by atoms with van der Waals surface area (Å²) < 4.78 is 0. The molecule has 0 aromatic heterocycles. The van der Waals surface area contributed by atoms with E-state index in [0.717, 1.165) is 32.4 Å². The van der Waals surface area contributed by atoms with E-state index in [4.69, 9.17) is 5.73 Å². The average Bonchev–Trinajstić information content (AvgIpc) is 2.44. The highest BCUT2D eigenvalue weighted by molar-refractivity contribution is 5.76. The van der Waals surface area contributed by atoms with Crippen LogP contribution in [0.2, 0.25) is 0 Å². The number of carbonyl (C=O) groups is 1. The predicted octanol–water partition coefficient (Wildman–Crippen LogP) is 2.13. The fourth-order valence-corrected chi connectivity index (χ4v) is 3.05. The summed E-state index contributed by atoms with van der Waals surface area (Å²) in [4.78, 5) is 14.4. The lowest BCUT2D eigenvalue weighted by molar-refractivity contribution is -0.122. The van der Waals surface area contributed by atoms with Gasteiger partial charge in [-0.25, -0.2) is 0 Å². The average molecular weight is 283 g/mol. The zero-order valence-corrected chi connectivity index (χ0v) is 13.4. The summed E-state index contributed by atoms with van der Waals surface area (Å²) in [6.45, 7) is 8.39. The molecule has 0 bridgehead atoms. The first kappa shape index (κ1) is 17.4. The van der Waals surface area contributed by atoms with E-state index in [2.05, 4.69) is 24.1 Å². The molecule has 1 saturated heterocycles. The second-order valence-electron chi connectivity index (χ2n) is 6.22. The molecule has 0 aromatic rings. The lowest BCUT2D eigenvalue weighted by Crippen LogP contribution is -2.43. The number of likely N-dealkylation sites (tertiary alicyclic amines) is 1. The molecule has 118 valence electrons. The minimum Gasteiger partial charge on any atom is -0.352 e. The second-order valence-corrected chi connectivity index (χ2v) is 6.22. The van der Waals surface area contributed by atoms with Gasteiger partial charge in [-0.3, -0.25) is 4.79 Å². The van der Waals surface area contributed by atoms with Crippen molar-refractivity contribution in [3.63, 3.8) is 0 Å². The van der Waals surface area contributed by atoms with Crippen LogP contribution >= 0.6 is 0 Å². The maximum atomic E-state index is 12.0. The number of nitrogens with two attached hydrogens (primary N) is 1. The Morgan fingerprint density at radius 1 is 1.25 bits per heavy atom. The Hall–Kier alpha value is -0.610. The van der Waals surface area contributed by atoms with Gasteiger partial charge in [-0.2, -0.15) is 0 Å². The van der Waals surface area contributed by atoms with E-state index in [0.29, 0.717) is 12.3 Å². The normalized spacial score (nSPS) is 19.6. The van der Waals surface area contributed by atoms with Gasteiger partial charge in [0.05, 0.1) is 0 Å². The molecule has 20 heavy (non-hydrogen) atoms. The molecule has 0 saturated carbocycles. The van der Waals surface area contributed by atoms with Gasteiger partial charge in [0.25, 0.3) is 0 Å². The first-order valence-corrected chi connectivity index (χ1v) is 8.37. The van der Waals surface area contributed by atoms with E-state index in [9.17, 15) is 4.79 Å². The van der Waals surface area contributed by atoms with Gasteiger partial charge < -0.3 is 16.0 Å². The Morgan fingerprint density at radius 3 is 2.55 bits per heavy atom. The number of amides is 1. The molecule has 0 aliphatic carbocycles. The minimum atomic E-state index is 0.199. The monoisotopic (exact) mass is 283 g/mol. The third-order valence-corrected chi connectivity index (χ3v) is 4.32. The predicted molar refractivity (Wildman–Crippen MR) is 84.6 cm³/mol. The molecule has 0 spiro atoms. The molecule has 1 aliphatic rings. The Kier molecular flexibility index (Phi) is 8.86. The van der Waals surface area contributed by atoms with Crippen LogP contribution in [0.1, 0.15) is 58.8 Å². The number of hydrogen-bond donors (Lipinski definition) is 2. The van der Waals surface area contributed by atoms with Crippen LogP contribution in [0.4, 0.5) is 0 Å². The molecule has 0 radical (unpaired) electrons. The smallest absolute Gasteiger partial charge is 0.220 e. The van der Waals surface area contributed by atoms with Crippen LogP contribution in [0.5, 0.6) is 0 Å². The van der Waals surface area contributed by atoms with Crippen molar-refractivity contribution in [3.05, 3.63) is 0 Å². The second kappa shape index (κ2) is 10.2. The van der Waals surface area contributed by atoms with Crippen LogP contribution in [0, 0.1) is 5.92 Å². The summed E-state index contributed by atoms with van der Waals surface area (Å²) in [5.74, 6) is 0.799.